The van der Waals surface area contributed by atoms with E-state index in [1.807, 2.05) is 11.8 Å². The zero-order valence-electron chi connectivity index (χ0n) is 9.89. The largest absolute Gasteiger partial charge is 0.162 e. The van der Waals surface area contributed by atoms with Crippen LogP contribution in [-0.2, 0) is 5.41 Å². The van der Waals surface area contributed by atoms with Gasteiger partial charge in [0.1, 0.15) is 0 Å². The van der Waals surface area contributed by atoms with Crippen LogP contribution < -0.4 is 0 Å². The molecule has 0 saturated heterocycles. The third-order valence-electron chi connectivity index (χ3n) is 2.90. The molecule has 0 atom stereocenters. The van der Waals surface area contributed by atoms with Crippen LogP contribution in [0.3, 0.4) is 0 Å². The number of thioether (sulfide) groups is 1. The fourth-order valence-corrected chi connectivity index (χ4v) is 3.63. The molecule has 0 aromatic heterocycles. The van der Waals surface area contributed by atoms with Gasteiger partial charge in [0.15, 0.2) is 0 Å². The summed E-state index contributed by atoms with van der Waals surface area (Å²) in [7, 11) is 0. The van der Waals surface area contributed by atoms with Gasteiger partial charge < -0.3 is 0 Å². The van der Waals surface area contributed by atoms with E-state index in [0.717, 1.165) is 22.4 Å². The molecular formula is C13H17BrCl2S. The topological polar surface area (TPSA) is 0 Å². The van der Waals surface area contributed by atoms with E-state index in [4.69, 9.17) is 23.2 Å². The zero-order valence-corrected chi connectivity index (χ0v) is 13.8. The molecule has 1 rings (SSSR count). The Hall–Kier alpha value is 0.630. The molecule has 0 saturated carbocycles. The Kier molecular flexibility index (Phi) is 7.32. The van der Waals surface area contributed by atoms with Crippen molar-refractivity contribution in [1.82, 2.24) is 0 Å². The summed E-state index contributed by atoms with van der Waals surface area (Å²) in [5.41, 5.74) is 1.15. The number of hydrogen-bond acceptors (Lipinski definition) is 1. The van der Waals surface area contributed by atoms with Crippen molar-refractivity contribution in [3.05, 3.63) is 34.3 Å². The first kappa shape index (κ1) is 15.7. The van der Waals surface area contributed by atoms with E-state index < -0.39 is 0 Å². The summed E-state index contributed by atoms with van der Waals surface area (Å²) in [6.07, 6.45) is 1.03. The summed E-state index contributed by atoms with van der Waals surface area (Å²) in [6.45, 7) is 2.17. The first-order valence-electron chi connectivity index (χ1n) is 5.64. The molecule has 0 aliphatic rings. The van der Waals surface area contributed by atoms with Crippen LogP contribution in [0, 0.1) is 0 Å². The molecule has 1 aromatic carbocycles. The van der Waals surface area contributed by atoms with Gasteiger partial charge in [-0.3, -0.25) is 0 Å². The third kappa shape index (κ3) is 4.34. The lowest BCUT2D eigenvalue weighted by atomic mass is 9.82. The monoisotopic (exact) mass is 354 g/mol. The molecule has 0 nitrogen and oxygen atoms in total. The van der Waals surface area contributed by atoms with E-state index >= 15 is 0 Å². The van der Waals surface area contributed by atoms with Crippen LogP contribution in [0.4, 0.5) is 0 Å². The molecule has 0 spiro atoms. The molecule has 0 amide bonds. The maximum Gasteiger partial charge on any atom is 0.0332 e. The summed E-state index contributed by atoms with van der Waals surface area (Å²) >= 11 is 17.7. The predicted molar refractivity (Wildman–Crippen MR) is 84.9 cm³/mol. The van der Waals surface area contributed by atoms with Crippen molar-refractivity contribution < 1.29 is 0 Å². The van der Waals surface area contributed by atoms with Crippen molar-refractivity contribution in [2.45, 2.75) is 18.8 Å². The van der Waals surface area contributed by atoms with Crippen LogP contribution in [-0.4, -0.2) is 23.3 Å². The lowest BCUT2D eigenvalue weighted by Crippen LogP contribution is -2.31. The van der Waals surface area contributed by atoms with E-state index in [1.54, 1.807) is 0 Å². The fourth-order valence-electron chi connectivity index (χ4n) is 1.68. The molecule has 0 radical (unpaired) electrons. The normalized spacial score (nSPS) is 11.8. The molecule has 0 bridgehead atoms. The number of rotatable bonds is 7. The lowest BCUT2D eigenvalue weighted by molar-refractivity contribution is 0.524. The average molecular weight is 356 g/mol. The van der Waals surface area contributed by atoms with E-state index in [0.29, 0.717) is 11.8 Å². The Labute approximate surface area is 127 Å². The summed E-state index contributed by atoms with van der Waals surface area (Å²) in [5.74, 6) is 3.39. The third-order valence-corrected chi connectivity index (χ3v) is 5.35. The highest BCUT2D eigenvalue weighted by molar-refractivity contribution is 9.10. The van der Waals surface area contributed by atoms with Crippen molar-refractivity contribution in [2.75, 3.05) is 23.3 Å². The number of alkyl halides is 2. The van der Waals surface area contributed by atoms with Crippen LogP contribution in [0.5, 0.6) is 0 Å². The molecule has 0 aliphatic heterocycles. The SMILES string of the molecule is CCSCCC(CCl)(CCl)c1ccc(Br)cc1. The minimum atomic E-state index is -0.0913. The maximum atomic E-state index is 6.17. The van der Waals surface area contributed by atoms with Gasteiger partial charge in [0, 0.05) is 21.6 Å². The molecular weight excluding hydrogens is 339 g/mol. The first-order valence-corrected chi connectivity index (χ1v) is 8.66. The van der Waals surface area contributed by atoms with E-state index in [1.165, 1.54) is 5.56 Å². The second-order valence-electron chi connectivity index (χ2n) is 4.00. The Balaban J connectivity index is 2.85. The maximum absolute atomic E-state index is 6.17. The van der Waals surface area contributed by atoms with Crippen LogP contribution in [0.1, 0.15) is 18.9 Å². The Bertz CT molecular complexity index is 323. The molecule has 0 aliphatic carbocycles. The summed E-state index contributed by atoms with van der Waals surface area (Å²) in [6, 6.07) is 8.34. The van der Waals surface area contributed by atoms with Gasteiger partial charge in [-0.1, -0.05) is 35.0 Å². The standard InChI is InChI=1S/C13H17BrCl2S/c1-2-17-8-7-13(9-15,10-16)11-3-5-12(14)6-4-11/h3-6H,2,7-10H2,1H3. The van der Waals surface area contributed by atoms with Gasteiger partial charge in [-0.15, -0.1) is 23.2 Å². The second-order valence-corrected chi connectivity index (χ2v) is 6.85. The van der Waals surface area contributed by atoms with E-state index in [-0.39, 0.29) is 5.41 Å². The fraction of sp³-hybridized carbons (Fsp3) is 0.538. The van der Waals surface area contributed by atoms with Crippen molar-refractivity contribution >= 4 is 50.9 Å². The second kappa shape index (κ2) is 7.93. The summed E-state index contributed by atoms with van der Waals surface area (Å²) < 4.78 is 1.09. The number of hydrogen-bond donors (Lipinski definition) is 0. The lowest BCUT2D eigenvalue weighted by Gasteiger charge is -2.30. The Morgan fingerprint density at radius 3 is 2.24 bits per heavy atom. The van der Waals surface area contributed by atoms with Crippen LogP contribution >= 0.6 is 50.9 Å². The molecule has 4 heteroatoms. The van der Waals surface area contributed by atoms with Crippen LogP contribution in [0.25, 0.3) is 0 Å². The number of halogens is 3. The zero-order chi connectivity index (χ0) is 12.7. The van der Waals surface area contributed by atoms with Crippen LogP contribution in [0.15, 0.2) is 28.7 Å². The van der Waals surface area contributed by atoms with Gasteiger partial charge in [0.05, 0.1) is 0 Å². The highest BCUT2D eigenvalue weighted by Gasteiger charge is 2.30. The van der Waals surface area contributed by atoms with Crippen molar-refractivity contribution in [2.24, 2.45) is 0 Å². The first-order chi connectivity index (χ1) is 8.18. The van der Waals surface area contributed by atoms with Gasteiger partial charge in [-0.05, 0) is 35.6 Å². The summed E-state index contributed by atoms with van der Waals surface area (Å²) in [5, 5.41) is 0. The molecule has 0 fully saturated rings. The molecule has 96 valence electrons. The van der Waals surface area contributed by atoms with Gasteiger partial charge in [-0.25, -0.2) is 0 Å². The molecule has 1 aromatic rings. The Morgan fingerprint density at radius 2 is 1.76 bits per heavy atom. The predicted octanol–water partition coefficient (Wildman–Crippen LogP) is 5.31. The minimum absolute atomic E-state index is 0.0913. The van der Waals surface area contributed by atoms with Crippen molar-refractivity contribution in [3.8, 4) is 0 Å². The van der Waals surface area contributed by atoms with Crippen molar-refractivity contribution in [3.63, 3.8) is 0 Å². The molecule has 0 heterocycles. The molecule has 17 heavy (non-hydrogen) atoms. The van der Waals surface area contributed by atoms with Crippen LogP contribution in [0.2, 0.25) is 0 Å². The van der Waals surface area contributed by atoms with Gasteiger partial charge in [-0.2, -0.15) is 11.8 Å². The average Bonchev–Trinajstić information content (AvgIpc) is 2.37. The Morgan fingerprint density at radius 1 is 1.18 bits per heavy atom. The number of benzene rings is 1. The highest BCUT2D eigenvalue weighted by Crippen LogP contribution is 2.33. The van der Waals surface area contributed by atoms with Gasteiger partial charge in [0.2, 0.25) is 0 Å². The van der Waals surface area contributed by atoms with E-state index in [2.05, 4.69) is 47.1 Å². The molecule has 0 N–H and O–H groups in total. The van der Waals surface area contributed by atoms with Gasteiger partial charge >= 0.3 is 0 Å². The van der Waals surface area contributed by atoms with E-state index in [9.17, 15) is 0 Å². The smallest absolute Gasteiger partial charge is 0.0332 e. The highest BCUT2D eigenvalue weighted by atomic mass is 79.9. The van der Waals surface area contributed by atoms with Gasteiger partial charge in [0.25, 0.3) is 0 Å². The van der Waals surface area contributed by atoms with Crippen molar-refractivity contribution in [1.29, 1.82) is 0 Å². The quantitative estimate of drug-likeness (QED) is 0.472. The minimum Gasteiger partial charge on any atom is -0.162 e. The molecule has 0 unspecified atom stereocenters. The summed E-state index contributed by atoms with van der Waals surface area (Å²) in [4.78, 5) is 0.